The fourth-order valence-corrected chi connectivity index (χ4v) is 4.38. The first-order valence-corrected chi connectivity index (χ1v) is 7.25. The standard InChI is InChI=1S/C11H14N2OS2/c1-7-8(2)16-10(6-15-7)11(14)9-5-12-3-4-13-9/h3-5,7-8,10H,6H2,1-2H3. The zero-order valence-corrected chi connectivity index (χ0v) is 10.9. The fraction of sp³-hybridized carbons (Fsp3) is 0.545. The van der Waals surface area contributed by atoms with Crippen molar-refractivity contribution in [2.24, 2.45) is 0 Å². The Morgan fingerprint density at radius 1 is 1.38 bits per heavy atom. The van der Waals surface area contributed by atoms with E-state index in [9.17, 15) is 4.79 Å². The molecule has 3 atom stereocenters. The fourth-order valence-electron chi connectivity index (χ4n) is 1.51. The summed E-state index contributed by atoms with van der Waals surface area (Å²) in [7, 11) is 0. The highest BCUT2D eigenvalue weighted by molar-refractivity contribution is 8.08. The quantitative estimate of drug-likeness (QED) is 0.758. The van der Waals surface area contributed by atoms with Crippen LogP contribution in [0.15, 0.2) is 18.6 Å². The highest BCUT2D eigenvalue weighted by atomic mass is 32.2. The molecule has 1 saturated heterocycles. The molecule has 2 heterocycles. The van der Waals surface area contributed by atoms with Gasteiger partial charge in [0.15, 0.2) is 5.78 Å². The van der Waals surface area contributed by atoms with Gasteiger partial charge in [0.2, 0.25) is 0 Å². The van der Waals surface area contributed by atoms with Crippen LogP contribution < -0.4 is 0 Å². The van der Waals surface area contributed by atoms with Crippen LogP contribution in [-0.2, 0) is 0 Å². The van der Waals surface area contributed by atoms with Crippen molar-refractivity contribution in [3.05, 3.63) is 24.3 Å². The molecule has 0 radical (unpaired) electrons. The molecule has 1 aromatic rings. The second kappa shape index (κ2) is 5.19. The first kappa shape index (κ1) is 11.9. The third-order valence-corrected chi connectivity index (χ3v) is 6.05. The number of rotatable bonds is 2. The summed E-state index contributed by atoms with van der Waals surface area (Å²) >= 11 is 3.63. The Labute approximate surface area is 104 Å². The molecule has 0 aliphatic carbocycles. The van der Waals surface area contributed by atoms with E-state index in [2.05, 4.69) is 23.8 Å². The van der Waals surface area contributed by atoms with Crippen LogP contribution in [0, 0.1) is 0 Å². The SMILES string of the molecule is CC1SCC(C(=O)c2cnccn2)SC1C. The largest absolute Gasteiger partial charge is 0.291 e. The Bertz CT molecular complexity index is 372. The maximum Gasteiger partial charge on any atom is 0.196 e. The van der Waals surface area contributed by atoms with Gasteiger partial charge in [-0.25, -0.2) is 4.98 Å². The third-order valence-electron chi connectivity index (χ3n) is 2.66. The molecule has 2 rings (SSSR count). The predicted molar refractivity (Wildman–Crippen MR) is 69.1 cm³/mol. The average molecular weight is 254 g/mol. The molecule has 3 nitrogen and oxygen atoms in total. The van der Waals surface area contributed by atoms with E-state index in [1.807, 2.05) is 11.8 Å². The van der Waals surface area contributed by atoms with Gasteiger partial charge in [-0.2, -0.15) is 11.8 Å². The minimum Gasteiger partial charge on any atom is -0.291 e. The van der Waals surface area contributed by atoms with Crippen LogP contribution in [0.25, 0.3) is 0 Å². The molecule has 0 saturated carbocycles. The van der Waals surface area contributed by atoms with Crippen molar-refractivity contribution in [1.29, 1.82) is 0 Å². The molecule has 0 amide bonds. The van der Waals surface area contributed by atoms with E-state index in [0.29, 0.717) is 16.2 Å². The summed E-state index contributed by atoms with van der Waals surface area (Å²) in [6, 6.07) is 0. The molecule has 16 heavy (non-hydrogen) atoms. The molecule has 1 aromatic heterocycles. The Hall–Kier alpha value is -0.550. The molecule has 0 N–H and O–H groups in total. The topological polar surface area (TPSA) is 42.9 Å². The lowest BCUT2D eigenvalue weighted by molar-refractivity contribution is 0.0989. The number of Topliss-reactive ketones (excluding diaryl/α,β-unsaturated/α-hetero) is 1. The van der Waals surface area contributed by atoms with Gasteiger partial charge in [-0.1, -0.05) is 13.8 Å². The van der Waals surface area contributed by atoms with Crippen LogP contribution in [0.1, 0.15) is 24.3 Å². The second-order valence-corrected chi connectivity index (χ2v) is 6.82. The van der Waals surface area contributed by atoms with Gasteiger partial charge in [-0.05, 0) is 0 Å². The van der Waals surface area contributed by atoms with E-state index in [1.165, 1.54) is 0 Å². The van der Waals surface area contributed by atoms with Gasteiger partial charge in [0.1, 0.15) is 5.69 Å². The lowest BCUT2D eigenvalue weighted by Gasteiger charge is -2.30. The Balaban J connectivity index is 2.06. The summed E-state index contributed by atoms with van der Waals surface area (Å²) < 4.78 is 0. The van der Waals surface area contributed by atoms with Gasteiger partial charge >= 0.3 is 0 Å². The lowest BCUT2D eigenvalue weighted by Crippen LogP contribution is -2.32. The number of thioether (sulfide) groups is 2. The molecule has 5 heteroatoms. The molecular formula is C11H14N2OS2. The molecule has 3 unspecified atom stereocenters. The summed E-state index contributed by atoms with van der Waals surface area (Å²) in [5.74, 6) is 0.996. The van der Waals surface area contributed by atoms with Gasteiger partial charge in [-0.15, -0.1) is 11.8 Å². The van der Waals surface area contributed by atoms with Gasteiger partial charge in [-0.3, -0.25) is 9.78 Å². The number of aromatic nitrogens is 2. The van der Waals surface area contributed by atoms with Gasteiger partial charge < -0.3 is 0 Å². The van der Waals surface area contributed by atoms with Gasteiger partial charge in [0.05, 0.1) is 11.4 Å². The number of ketones is 1. The second-order valence-electron chi connectivity index (χ2n) is 3.82. The Morgan fingerprint density at radius 2 is 2.19 bits per heavy atom. The van der Waals surface area contributed by atoms with Crippen LogP contribution in [0.5, 0.6) is 0 Å². The summed E-state index contributed by atoms with van der Waals surface area (Å²) in [5, 5.41) is 1.17. The zero-order chi connectivity index (χ0) is 11.5. The van der Waals surface area contributed by atoms with E-state index >= 15 is 0 Å². The molecule has 1 aliphatic rings. The summed E-state index contributed by atoms with van der Waals surface area (Å²) in [6.07, 6.45) is 4.71. The highest BCUT2D eigenvalue weighted by Gasteiger charge is 2.31. The molecule has 0 spiro atoms. The summed E-state index contributed by atoms with van der Waals surface area (Å²) in [4.78, 5) is 20.1. The lowest BCUT2D eigenvalue weighted by atomic mass is 10.2. The number of hydrogen-bond donors (Lipinski definition) is 0. The van der Waals surface area contributed by atoms with Crippen LogP contribution in [0.4, 0.5) is 0 Å². The predicted octanol–water partition coefficient (Wildman–Crippen LogP) is 2.28. The van der Waals surface area contributed by atoms with Crippen molar-refractivity contribution in [3.63, 3.8) is 0 Å². The maximum atomic E-state index is 12.1. The third kappa shape index (κ3) is 2.58. The summed E-state index contributed by atoms with van der Waals surface area (Å²) in [5.41, 5.74) is 0.488. The molecule has 1 aliphatic heterocycles. The molecule has 1 fully saturated rings. The van der Waals surface area contributed by atoms with Gasteiger partial charge in [0, 0.05) is 28.6 Å². The van der Waals surface area contributed by atoms with Crippen molar-refractivity contribution in [1.82, 2.24) is 9.97 Å². The normalized spacial score (nSPS) is 30.0. The van der Waals surface area contributed by atoms with Crippen molar-refractivity contribution >= 4 is 29.3 Å². The van der Waals surface area contributed by atoms with Crippen molar-refractivity contribution < 1.29 is 4.79 Å². The van der Waals surface area contributed by atoms with E-state index in [4.69, 9.17) is 0 Å². The van der Waals surface area contributed by atoms with Crippen molar-refractivity contribution in [2.45, 2.75) is 29.6 Å². The van der Waals surface area contributed by atoms with E-state index in [1.54, 1.807) is 30.4 Å². The molecular weight excluding hydrogens is 240 g/mol. The Kier molecular flexibility index (Phi) is 3.86. The van der Waals surface area contributed by atoms with Crippen molar-refractivity contribution in [3.8, 4) is 0 Å². The van der Waals surface area contributed by atoms with Crippen LogP contribution in [0.3, 0.4) is 0 Å². The number of carbonyl (C=O) groups is 1. The first-order valence-electron chi connectivity index (χ1n) is 5.26. The van der Waals surface area contributed by atoms with Crippen molar-refractivity contribution in [2.75, 3.05) is 5.75 Å². The van der Waals surface area contributed by atoms with E-state index < -0.39 is 0 Å². The van der Waals surface area contributed by atoms with E-state index in [0.717, 1.165) is 5.75 Å². The minimum atomic E-state index is 0.0351. The molecule has 0 aromatic carbocycles. The van der Waals surface area contributed by atoms with Crippen LogP contribution >= 0.6 is 23.5 Å². The average Bonchev–Trinajstić information content (AvgIpc) is 2.33. The monoisotopic (exact) mass is 254 g/mol. The zero-order valence-electron chi connectivity index (χ0n) is 9.29. The summed E-state index contributed by atoms with van der Waals surface area (Å²) in [6.45, 7) is 4.39. The number of hydrogen-bond acceptors (Lipinski definition) is 5. The number of nitrogens with zero attached hydrogens (tertiary/aromatic N) is 2. The van der Waals surface area contributed by atoms with Crippen LogP contribution in [-0.4, -0.2) is 37.3 Å². The van der Waals surface area contributed by atoms with Gasteiger partial charge in [0.25, 0.3) is 0 Å². The highest BCUT2D eigenvalue weighted by Crippen LogP contribution is 2.36. The first-order chi connectivity index (χ1) is 7.68. The number of carbonyl (C=O) groups excluding carboxylic acids is 1. The minimum absolute atomic E-state index is 0.0351. The molecule has 86 valence electrons. The smallest absolute Gasteiger partial charge is 0.196 e. The Morgan fingerprint density at radius 3 is 2.81 bits per heavy atom. The molecule has 0 bridgehead atoms. The van der Waals surface area contributed by atoms with E-state index in [-0.39, 0.29) is 11.0 Å². The van der Waals surface area contributed by atoms with Crippen LogP contribution in [0.2, 0.25) is 0 Å². The maximum absolute atomic E-state index is 12.1.